The molecule has 0 aromatic heterocycles. The minimum absolute atomic E-state index is 0.162. The molecule has 0 radical (unpaired) electrons. The van der Waals surface area contributed by atoms with E-state index in [1.54, 1.807) is 11.0 Å². The zero-order valence-electron chi connectivity index (χ0n) is 10.4. The third-order valence-corrected chi connectivity index (χ3v) is 3.82. The molecule has 2 N–H and O–H groups in total. The quantitative estimate of drug-likeness (QED) is 0.876. The first-order valence-electron chi connectivity index (χ1n) is 6.22. The Morgan fingerprint density at radius 1 is 1.47 bits per heavy atom. The van der Waals surface area contributed by atoms with Gasteiger partial charge in [0.15, 0.2) is 0 Å². The minimum Gasteiger partial charge on any atom is -0.396 e. The van der Waals surface area contributed by atoms with Gasteiger partial charge in [-0.25, -0.2) is 9.18 Å². The molecule has 2 amide bonds. The zero-order valence-corrected chi connectivity index (χ0v) is 12.0. The summed E-state index contributed by atoms with van der Waals surface area (Å²) in [4.78, 5) is 13.6. The Hall–Kier alpha value is -1.14. The van der Waals surface area contributed by atoms with Gasteiger partial charge in [0.2, 0.25) is 0 Å². The lowest BCUT2D eigenvalue weighted by atomic mass is 9.98. The molecule has 1 aromatic rings. The van der Waals surface area contributed by atoms with Crippen LogP contribution in [-0.4, -0.2) is 35.7 Å². The highest BCUT2D eigenvalue weighted by Crippen LogP contribution is 2.22. The third kappa shape index (κ3) is 3.67. The third-order valence-electron chi connectivity index (χ3n) is 3.33. The molecule has 0 aliphatic carbocycles. The number of amides is 2. The van der Waals surface area contributed by atoms with Gasteiger partial charge in [-0.15, -0.1) is 0 Å². The Balaban J connectivity index is 1.96. The molecule has 1 fully saturated rings. The van der Waals surface area contributed by atoms with Gasteiger partial charge in [-0.1, -0.05) is 15.9 Å². The van der Waals surface area contributed by atoms with E-state index in [2.05, 4.69) is 21.2 Å². The summed E-state index contributed by atoms with van der Waals surface area (Å²) in [6, 6.07) is 4.12. The summed E-state index contributed by atoms with van der Waals surface area (Å²) in [5.41, 5.74) is 0.170. The van der Waals surface area contributed by atoms with Gasteiger partial charge in [0.05, 0.1) is 5.69 Å². The lowest BCUT2D eigenvalue weighted by Gasteiger charge is -2.31. The normalized spacial score (nSPS) is 16.5. The highest BCUT2D eigenvalue weighted by molar-refractivity contribution is 9.10. The van der Waals surface area contributed by atoms with Crippen LogP contribution in [0.25, 0.3) is 0 Å². The number of aliphatic hydroxyl groups excluding tert-OH is 1. The summed E-state index contributed by atoms with van der Waals surface area (Å²) in [5, 5.41) is 11.6. The molecule has 0 unspecified atom stereocenters. The Labute approximate surface area is 119 Å². The number of likely N-dealkylation sites (tertiary alicyclic amines) is 1. The van der Waals surface area contributed by atoms with Crippen molar-refractivity contribution in [1.29, 1.82) is 0 Å². The van der Waals surface area contributed by atoms with Crippen molar-refractivity contribution in [2.24, 2.45) is 5.92 Å². The van der Waals surface area contributed by atoms with Crippen LogP contribution in [0, 0.1) is 11.7 Å². The second-order valence-electron chi connectivity index (χ2n) is 4.67. The van der Waals surface area contributed by atoms with Gasteiger partial charge in [-0.2, -0.15) is 0 Å². The molecule has 2 rings (SSSR count). The maximum absolute atomic E-state index is 13.5. The number of hydrogen-bond acceptors (Lipinski definition) is 2. The van der Waals surface area contributed by atoms with Crippen LogP contribution in [0.15, 0.2) is 22.7 Å². The molecule has 0 saturated carbocycles. The number of anilines is 1. The van der Waals surface area contributed by atoms with E-state index >= 15 is 0 Å². The van der Waals surface area contributed by atoms with Gasteiger partial charge in [0.25, 0.3) is 0 Å². The SMILES string of the molecule is O=C(Nc1cc(Br)ccc1F)N1CCC(CO)CC1. The van der Waals surface area contributed by atoms with Crippen LogP contribution in [0.5, 0.6) is 0 Å². The van der Waals surface area contributed by atoms with Crippen molar-refractivity contribution in [2.75, 3.05) is 25.0 Å². The predicted molar refractivity (Wildman–Crippen MR) is 74.5 cm³/mol. The highest BCUT2D eigenvalue weighted by atomic mass is 79.9. The number of nitrogens with one attached hydrogen (secondary N) is 1. The molecule has 6 heteroatoms. The first kappa shape index (κ1) is 14.3. The first-order chi connectivity index (χ1) is 9.10. The Kier molecular flexibility index (Phi) is 4.76. The van der Waals surface area contributed by atoms with Crippen molar-refractivity contribution in [3.63, 3.8) is 0 Å². The largest absolute Gasteiger partial charge is 0.396 e. The molecule has 4 nitrogen and oxygen atoms in total. The van der Waals surface area contributed by atoms with Gasteiger partial charge < -0.3 is 15.3 Å². The molecule has 1 heterocycles. The second-order valence-corrected chi connectivity index (χ2v) is 5.58. The highest BCUT2D eigenvalue weighted by Gasteiger charge is 2.22. The fraction of sp³-hybridized carbons (Fsp3) is 0.462. The molecule has 0 bridgehead atoms. The Morgan fingerprint density at radius 2 is 2.16 bits per heavy atom. The van der Waals surface area contributed by atoms with Gasteiger partial charge >= 0.3 is 6.03 Å². The number of benzene rings is 1. The maximum Gasteiger partial charge on any atom is 0.321 e. The molecule has 19 heavy (non-hydrogen) atoms. The van der Waals surface area contributed by atoms with E-state index in [4.69, 9.17) is 5.11 Å². The minimum atomic E-state index is -0.457. The lowest BCUT2D eigenvalue weighted by molar-refractivity contribution is 0.143. The first-order valence-corrected chi connectivity index (χ1v) is 7.01. The fourth-order valence-electron chi connectivity index (χ4n) is 2.11. The number of hydrogen-bond donors (Lipinski definition) is 2. The number of piperidine rings is 1. The summed E-state index contributed by atoms with van der Waals surface area (Å²) in [5.74, 6) is -0.187. The summed E-state index contributed by atoms with van der Waals surface area (Å²) in [6.45, 7) is 1.34. The number of halogens is 2. The van der Waals surface area contributed by atoms with Crippen LogP contribution in [0.1, 0.15) is 12.8 Å². The zero-order chi connectivity index (χ0) is 13.8. The molecule has 1 saturated heterocycles. The van der Waals surface area contributed by atoms with Crippen LogP contribution in [0.2, 0.25) is 0 Å². The number of aliphatic hydroxyl groups is 1. The van der Waals surface area contributed by atoms with Crippen molar-refractivity contribution in [3.05, 3.63) is 28.5 Å². The predicted octanol–water partition coefficient (Wildman–Crippen LogP) is 2.82. The van der Waals surface area contributed by atoms with Crippen molar-refractivity contribution in [2.45, 2.75) is 12.8 Å². The van der Waals surface area contributed by atoms with E-state index in [0.717, 1.165) is 12.8 Å². The van der Waals surface area contributed by atoms with E-state index < -0.39 is 5.82 Å². The van der Waals surface area contributed by atoms with Gasteiger partial charge in [0.1, 0.15) is 5.82 Å². The molecule has 1 aliphatic heterocycles. The van der Waals surface area contributed by atoms with E-state index in [-0.39, 0.29) is 24.2 Å². The van der Waals surface area contributed by atoms with E-state index in [0.29, 0.717) is 17.6 Å². The second kappa shape index (κ2) is 6.34. The number of rotatable bonds is 2. The van der Waals surface area contributed by atoms with Crippen LogP contribution >= 0.6 is 15.9 Å². The van der Waals surface area contributed by atoms with Crippen LogP contribution in [0.4, 0.5) is 14.9 Å². The Morgan fingerprint density at radius 3 is 2.79 bits per heavy atom. The molecule has 0 spiro atoms. The molecule has 1 aromatic carbocycles. The van der Waals surface area contributed by atoms with Crippen molar-refractivity contribution >= 4 is 27.6 Å². The van der Waals surface area contributed by atoms with E-state index in [1.807, 2.05) is 0 Å². The number of carbonyl (C=O) groups is 1. The molecule has 104 valence electrons. The van der Waals surface area contributed by atoms with Crippen LogP contribution in [-0.2, 0) is 0 Å². The molecule has 0 atom stereocenters. The molecular formula is C13H16BrFN2O2. The summed E-state index contributed by atoms with van der Waals surface area (Å²) < 4.78 is 14.2. The van der Waals surface area contributed by atoms with Gasteiger partial charge in [-0.3, -0.25) is 0 Å². The topological polar surface area (TPSA) is 52.6 Å². The average Bonchev–Trinajstić information content (AvgIpc) is 2.43. The smallest absolute Gasteiger partial charge is 0.321 e. The standard InChI is InChI=1S/C13H16BrFN2O2/c14-10-1-2-11(15)12(7-10)16-13(19)17-5-3-9(8-18)4-6-17/h1-2,7,9,18H,3-6,8H2,(H,16,19). The summed E-state index contributed by atoms with van der Waals surface area (Å²) >= 11 is 3.24. The molecule has 1 aliphatic rings. The van der Waals surface area contributed by atoms with E-state index in [9.17, 15) is 9.18 Å². The monoisotopic (exact) mass is 330 g/mol. The van der Waals surface area contributed by atoms with Crippen LogP contribution in [0.3, 0.4) is 0 Å². The van der Waals surface area contributed by atoms with Crippen molar-refractivity contribution in [1.82, 2.24) is 4.90 Å². The number of carbonyl (C=O) groups excluding carboxylic acids is 1. The van der Waals surface area contributed by atoms with Crippen LogP contribution < -0.4 is 5.32 Å². The average molecular weight is 331 g/mol. The number of urea groups is 1. The van der Waals surface area contributed by atoms with Gasteiger partial charge in [0, 0.05) is 24.2 Å². The maximum atomic E-state index is 13.5. The Bertz CT molecular complexity index is 462. The lowest BCUT2D eigenvalue weighted by Crippen LogP contribution is -2.41. The fourth-order valence-corrected chi connectivity index (χ4v) is 2.47. The molecular weight excluding hydrogens is 315 g/mol. The van der Waals surface area contributed by atoms with Crippen molar-refractivity contribution < 1.29 is 14.3 Å². The van der Waals surface area contributed by atoms with Crippen molar-refractivity contribution in [3.8, 4) is 0 Å². The van der Waals surface area contributed by atoms with Gasteiger partial charge in [-0.05, 0) is 37.0 Å². The summed E-state index contributed by atoms with van der Waals surface area (Å²) in [7, 11) is 0. The summed E-state index contributed by atoms with van der Waals surface area (Å²) in [6.07, 6.45) is 1.57. The number of nitrogens with zero attached hydrogens (tertiary/aromatic N) is 1. The van der Waals surface area contributed by atoms with E-state index in [1.165, 1.54) is 12.1 Å².